The molecule has 0 amide bonds. The highest BCUT2D eigenvalue weighted by Gasteiger charge is 2.14. The zero-order chi connectivity index (χ0) is 13.9. The molecule has 1 heterocycles. The third-order valence-corrected chi connectivity index (χ3v) is 2.93. The maximum Gasteiger partial charge on any atom is 0.519 e. The van der Waals surface area contributed by atoms with Gasteiger partial charge in [0.2, 0.25) is 0 Å². The number of allylic oxidation sites excluding steroid dienone is 1. The molecule has 100 valence electrons. The molecule has 0 unspecified atom stereocenters. The molecule has 18 heavy (non-hydrogen) atoms. The van der Waals surface area contributed by atoms with Crippen LogP contribution < -0.4 is 5.82 Å². The molecule has 5 heteroatoms. The third kappa shape index (κ3) is 3.35. The van der Waals surface area contributed by atoms with Gasteiger partial charge in [-0.3, -0.25) is 0 Å². The Labute approximate surface area is 105 Å². The van der Waals surface area contributed by atoms with Gasteiger partial charge in [-0.2, -0.15) is 0 Å². The Bertz CT molecular complexity index is 516. The number of carbonyl (C=O) groups is 1. The van der Waals surface area contributed by atoms with Crippen molar-refractivity contribution in [1.29, 1.82) is 0 Å². The highest BCUT2D eigenvalue weighted by Crippen LogP contribution is 2.16. The summed E-state index contributed by atoms with van der Waals surface area (Å²) in [6.07, 6.45) is 0. The molecule has 0 spiro atoms. The second kappa shape index (κ2) is 5.71. The molecule has 0 aliphatic heterocycles. The molecule has 0 radical (unpaired) electrons. The van der Waals surface area contributed by atoms with Crippen LogP contribution in [0.25, 0.3) is 0 Å². The van der Waals surface area contributed by atoms with Crippen molar-refractivity contribution in [2.24, 2.45) is 5.92 Å². The Morgan fingerprint density at radius 1 is 1.28 bits per heavy atom. The molecule has 1 rings (SSSR count). The van der Waals surface area contributed by atoms with Gasteiger partial charge in [0, 0.05) is 5.57 Å². The van der Waals surface area contributed by atoms with Crippen molar-refractivity contribution in [1.82, 2.24) is 0 Å². The first-order valence-electron chi connectivity index (χ1n) is 5.76. The molecule has 1 aromatic heterocycles. The summed E-state index contributed by atoms with van der Waals surface area (Å²) >= 11 is 0. The standard InChI is InChI=1S/C13H18O5/c1-7(2)8(3)9(4)12(14)16-6-11-10(5)17-13(15)18-11/h7H,6H2,1-5H3/b9-8+. The van der Waals surface area contributed by atoms with Crippen molar-refractivity contribution in [2.75, 3.05) is 0 Å². The molecular formula is C13H18O5. The van der Waals surface area contributed by atoms with Gasteiger partial charge in [-0.15, -0.1) is 0 Å². The lowest BCUT2D eigenvalue weighted by molar-refractivity contribution is -0.140. The van der Waals surface area contributed by atoms with Gasteiger partial charge in [-0.25, -0.2) is 9.59 Å². The molecule has 0 bridgehead atoms. The summed E-state index contributed by atoms with van der Waals surface area (Å²) in [5.41, 5.74) is 1.55. The lowest BCUT2D eigenvalue weighted by Gasteiger charge is -2.10. The fourth-order valence-electron chi connectivity index (χ4n) is 1.34. The monoisotopic (exact) mass is 254 g/mol. The molecule has 0 aliphatic rings. The normalized spacial score (nSPS) is 12.6. The topological polar surface area (TPSA) is 69.7 Å². The van der Waals surface area contributed by atoms with Crippen LogP contribution in [-0.4, -0.2) is 5.97 Å². The average molecular weight is 254 g/mol. The molecule has 0 N–H and O–H groups in total. The van der Waals surface area contributed by atoms with Crippen LogP contribution in [0.5, 0.6) is 0 Å². The number of hydrogen-bond donors (Lipinski definition) is 0. The van der Waals surface area contributed by atoms with Crippen molar-refractivity contribution in [3.8, 4) is 0 Å². The number of aryl methyl sites for hydroxylation is 1. The number of ether oxygens (including phenoxy) is 1. The summed E-state index contributed by atoms with van der Waals surface area (Å²) in [5, 5.41) is 0. The van der Waals surface area contributed by atoms with E-state index in [0.717, 1.165) is 5.57 Å². The Morgan fingerprint density at radius 2 is 1.89 bits per heavy atom. The quantitative estimate of drug-likeness (QED) is 0.610. The van der Waals surface area contributed by atoms with E-state index in [4.69, 9.17) is 9.15 Å². The zero-order valence-corrected chi connectivity index (χ0v) is 11.3. The minimum atomic E-state index is -0.788. The van der Waals surface area contributed by atoms with Gasteiger partial charge < -0.3 is 13.6 Å². The summed E-state index contributed by atoms with van der Waals surface area (Å²) in [5.74, 6) is -0.349. The predicted octanol–water partition coefficient (Wildman–Crippen LogP) is 2.58. The van der Waals surface area contributed by atoms with Crippen molar-refractivity contribution in [3.63, 3.8) is 0 Å². The van der Waals surface area contributed by atoms with E-state index in [-0.39, 0.29) is 18.3 Å². The van der Waals surface area contributed by atoms with E-state index in [1.807, 2.05) is 20.8 Å². The molecule has 0 aromatic carbocycles. The second-order valence-electron chi connectivity index (χ2n) is 4.47. The Balaban J connectivity index is 2.70. The molecule has 0 saturated heterocycles. The van der Waals surface area contributed by atoms with E-state index < -0.39 is 11.8 Å². The van der Waals surface area contributed by atoms with Crippen LogP contribution in [0.3, 0.4) is 0 Å². The molecule has 0 aliphatic carbocycles. The van der Waals surface area contributed by atoms with Gasteiger partial charge in [-0.1, -0.05) is 19.4 Å². The molecular weight excluding hydrogens is 236 g/mol. The Hall–Kier alpha value is -1.78. The van der Waals surface area contributed by atoms with E-state index in [0.29, 0.717) is 11.3 Å². The van der Waals surface area contributed by atoms with Crippen molar-refractivity contribution in [2.45, 2.75) is 41.2 Å². The van der Waals surface area contributed by atoms with Crippen LogP contribution in [0.4, 0.5) is 0 Å². The number of rotatable bonds is 4. The lowest BCUT2D eigenvalue weighted by Crippen LogP contribution is -2.09. The lowest BCUT2D eigenvalue weighted by atomic mass is 10.0. The van der Waals surface area contributed by atoms with E-state index >= 15 is 0 Å². The SMILES string of the molecule is C/C(C(=O)OCc1oc(=O)oc1C)=C(/C)C(C)C. The maximum absolute atomic E-state index is 11.7. The molecule has 0 fully saturated rings. The summed E-state index contributed by atoms with van der Waals surface area (Å²) in [6.45, 7) is 9.10. The van der Waals surface area contributed by atoms with E-state index in [1.165, 1.54) is 0 Å². The summed E-state index contributed by atoms with van der Waals surface area (Å²) in [6, 6.07) is 0. The second-order valence-corrected chi connectivity index (χ2v) is 4.47. The van der Waals surface area contributed by atoms with Crippen LogP contribution in [-0.2, 0) is 16.1 Å². The van der Waals surface area contributed by atoms with Gasteiger partial charge in [-0.05, 0) is 26.7 Å². The van der Waals surface area contributed by atoms with Crippen LogP contribution in [0.15, 0.2) is 24.8 Å². The van der Waals surface area contributed by atoms with Gasteiger partial charge in [0.1, 0.15) is 0 Å². The molecule has 0 saturated carbocycles. The number of esters is 1. The smallest absolute Gasteiger partial charge is 0.454 e. The predicted molar refractivity (Wildman–Crippen MR) is 65.0 cm³/mol. The summed E-state index contributed by atoms with van der Waals surface area (Å²) < 4.78 is 14.5. The highest BCUT2D eigenvalue weighted by atomic mass is 16.6. The van der Waals surface area contributed by atoms with Crippen LogP contribution >= 0.6 is 0 Å². The van der Waals surface area contributed by atoms with Gasteiger partial charge in [0.15, 0.2) is 18.1 Å². The van der Waals surface area contributed by atoms with Crippen molar-refractivity contribution >= 4 is 5.97 Å². The van der Waals surface area contributed by atoms with E-state index in [2.05, 4.69) is 4.42 Å². The Kier molecular flexibility index (Phi) is 4.53. The fraction of sp³-hybridized carbons (Fsp3) is 0.538. The van der Waals surface area contributed by atoms with E-state index in [1.54, 1.807) is 13.8 Å². The first kappa shape index (κ1) is 14.3. The van der Waals surface area contributed by atoms with Gasteiger partial charge >= 0.3 is 11.8 Å². The van der Waals surface area contributed by atoms with Gasteiger partial charge in [0.25, 0.3) is 0 Å². The fourth-order valence-corrected chi connectivity index (χ4v) is 1.34. The maximum atomic E-state index is 11.7. The molecule has 5 nitrogen and oxygen atoms in total. The van der Waals surface area contributed by atoms with E-state index in [9.17, 15) is 9.59 Å². The van der Waals surface area contributed by atoms with Crippen LogP contribution in [0.1, 0.15) is 39.2 Å². The molecule has 1 aromatic rings. The summed E-state index contributed by atoms with van der Waals surface area (Å²) in [7, 11) is 0. The van der Waals surface area contributed by atoms with Crippen molar-refractivity contribution < 1.29 is 18.4 Å². The number of carbonyl (C=O) groups excluding carboxylic acids is 1. The first-order valence-corrected chi connectivity index (χ1v) is 5.76. The van der Waals surface area contributed by atoms with Crippen LogP contribution in [0.2, 0.25) is 0 Å². The van der Waals surface area contributed by atoms with Gasteiger partial charge in [0.05, 0.1) is 0 Å². The average Bonchev–Trinajstić information content (AvgIpc) is 2.62. The third-order valence-electron chi connectivity index (χ3n) is 2.93. The summed E-state index contributed by atoms with van der Waals surface area (Å²) in [4.78, 5) is 22.6. The largest absolute Gasteiger partial charge is 0.519 e. The molecule has 0 atom stereocenters. The first-order chi connectivity index (χ1) is 8.32. The minimum absolute atomic E-state index is 0.0981. The van der Waals surface area contributed by atoms with Crippen molar-refractivity contribution in [3.05, 3.63) is 33.3 Å². The minimum Gasteiger partial charge on any atom is -0.454 e. The highest BCUT2D eigenvalue weighted by molar-refractivity contribution is 5.88. The number of hydrogen-bond acceptors (Lipinski definition) is 5. The zero-order valence-electron chi connectivity index (χ0n) is 11.3. The van der Waals surface area contributed by atoms with Crippen LogP contribution in [0, 0.1) is 12.8 Å². The Morgan fingerprint density at radius 3 is 2.33 bits per heavy atom.